The number of carboxylic acids is 1. The third kappa shape index (κ3) is 4.50. The van der Waals surface area contributed by atoms with Crippen LogP contribution in [0.3, 0.4) is 0 Å². The lowest BCUT2D eigenvalue weighted by molar-refractivity contribution is -0.131. The van der Waals surface area contributed by atoms with Crippen LogP contribution >= 0.6 is 0 Å². The topological polar surface area (TPSA) is 115 Å². The fourth-order valence-corrected chi connectivity index (χ4v) is 3.78. The zero-order valence-corrected chi connectivity index (χ0v) is 18.0. The van der Waals surface area contributed by atoms with E-state index in [0.29, 0.717) is 52.3 Å². The summed E-state index contributed by atoms with van der Waals surface area (Å²) < 4.78 is 16.9. The highest BCUT2D eigenvalue weighted by Crippen LogP contribution is 2.36. The van der Waals surface area contributed by atoms with E-state index in [2.05, 4.69) is 5.32 Å². The Morgan fingerprint density at radius 3 is 2.61 bits per heavy atom. The van der Waals surface area contributed by atoms with Crippen molar-refractivity contribution in [1.82, 2.24) is 0 Å². The fraction of sp³-hybridized carbons (Fsp3) is 0.160. The van der Waals surface area contributed by atoms with Gasteiger partial charge in [0, 0.05) is 35.0 Å². The lowest BCUT2D eigenvalue weighted by Gasteiger charge is -2.09. The molecule has 4 rings (SSSR count). The van der Waals surface area contributed by atoms with Crippen LogP contribution in [-0.4, -0.2) is 31.2 Å². The number of allylic oxidation sites excluding steroid dienone is 1. The van der Waals surface area contributed by atoms with E-state index < -0.39 is 11.9 Å². The number of amides is 1. The third-order valence-electron chi connectivity index (χ3n) is 5.33. The first kappa shape index (κ1) is 21.9. The molecule has 1 aromatic heterocycles. The number of methoxy groups -OCH3 is 2. The lowest BCUT2D eigenvalue weighted by atomic mass is 10.1. The second-order valence-electron chi connectivity index (χ2n) is 7.39. The Hall–Kier alpha value is -4.33. The van der Waals surface area contributed by atoms with Crippen LogP contribution in [0.5, 0.6) is 11.5 Å². The quantitative estimate of drug-likeness (QED) is 0.551. The Kier molecular flexibility index (Phi) is 5.99. The second kappa shape index (κ2) is 9.04. The molecule has 0 saturated heterocycles. The second-order valence-corrected chi connectivity index (χ2v) is 7.39. The predicted octanol–water partition coefficient (Wildman–Crippen LogP) is 3.88. The standard InChI is InChI=1S/C25H21NO7/c1-31-17-5-8-20(32-2)15(12-17)11-14-3-6-19-24(30)18-7-4-16(13-21(18)33-25(14)19)26-22(27)9-10-23(28)29/h4-5,7-13H,3,6H2,1-2H3,(H,26,27)(H,28,29)/b10-9-,14-11?. The molecule has 2 aromatic carbocycles. The summed E-state index contributed by atoms with van der Waals surface area (Å²) in [4.78, 5) is 35.5. The molecular formula is C25H21NO7. The molecule has 8 nitrogen and oxygen atoms in total. The summed E-state index contributed by atoms with van der Waals surface area (Å²) in [5.74, 6) is 0.0206. The van der Waals surface area contributed by atoms with Crippen LogP contribution in [0.4, 0.5) is 5.69 Å². The lowest BCUT2D eigenvalue weighted by Crippen LogP contribution is -2.11. The molecule has 0 spiro atoms. The van der Waals surface area contributed by atoms with Gasteiger partial charge in [-0.3, -0.25) is 9.59 Å². The molecule has 0 atom stereocenters. The van der Waals surface area contributed by atoms with Crippen molar-refractivity contribution in [3.63, 3.8) is 0 Å². The number of carbonyl (C=O) groups is 2. The maximum Gasteiger partial charge on any atom is 0.328 e. The van der Waals surface area contributed by atoms with Crippen molar-refractivity contribution in [2.45, 2.75) is 12.8 Å². The molecule has 0 saturated carbocycles. The van der Waals surface area contributed by atoms with Crippen molar-refractivity contribution in [2.24, 2.45) is 0 Å². The molecular weight excluding hydrogens is 426 g/mol. The first-order chi connectivity index (χ1) is 15.9. The predicted molar refractivity (Wildman–Crippen MR) is 124 cm³/mol. The molecule has 0 aliphatic heterocycles. The van der Waals surface area contributed by atoms with Gasteiger partial charge < -0.3 is 24.3 Å². The van der Waals surface area contributed by atoms with Crippen molar-refractivity contribution >= 4 is 40.2 Å². The van der Waals surface area contributed by atoms with Crippen LogP contribution in [0.25, 0.3) is 22.6 Å². The maximum atomic E-state index is 13.1. The highest BCUT2D eigenvalue weighted by molar-refractivity contribution is 6.03. The molecule has 33 heavy (non-hydrogen) atoms. The molecule has 1 aliphatic rings. The molecule has 1 amide bonds. The van der Waals surface area contributed by atoms with Gasteiger partial charge in [0.05, 0.1) is 19.6 Å². The van der Waals surface area contributed by atoms with Gasteiger partial charge in [0.2, 0.25) is 5.91 Å². The van der Waals surface area contributed by atoms with E-state index >= 15 is 0 Å². The van der Waals surface area contributed by atoms with Gasteiger partial charge in [0.15, 0.2) is 5.43 Å². The van der Waals surface area contributed by atoms with Crippen LogP contribution < -0.4 is 20.2 Å². The third-order valence-corrected chi connectivity index (χ3v) is 5.33. The average molecular weight is 447 g/mol. The van der Waals surface area contributed by atoms with Gasteiger partial charge in [0.25, 0.3) is 0 Å². The molecule has 3 aromatic rings. The Bertz CT molecular complexity index is 1380. The number of anilines is 1. The highest BCUT2D eigenvalue weighted by atomic mass is 16.5. The van der Waals surface area contributed by atoms with Gasteiger partial charge in [-0.1, -0.05) is 0 Å². The van der Waals surface area contributed by atoms with Gasteiger partial charge in [0.1, 0.15) is 22.8 Å². The number of aliphatic carboxylic acids is 1. The zero-order chi connectivity index (χ0) is 23.5. The molecule has 0 unspecified atom stereocenters. The van der Waals surface area contributed by atoms with Crippen molar-refractivity contribution in [1.29, 1.82) is 0 Å². The van der Waals surface area contributed by atoms with E-state index in [4.69, 9.17) is 19.0 Å². The Balaban J connectivity index is 1.75. The molecule has 2 N–H and O–H groups in total. The monoisotopic (exact) mass is 447 g/mol. The van der Waals surface area contributed by atoms with Crippen LogP contribution in [0.2, 0.25) is 0 Å². The van der Waals surface area contributed by atoms with Crippen molar-refractivity contribution in [2.75, 3.05) is 19.5 Å². The normalized spacial score (nSPS) is 13.9. The number of hydrogen-bond donors (Lipinski definition) is 2. The van der Waals surface area contributed by atoms with E-state index in [1.807, 2.05) is 18.2 Å². The molecule has 1 aliphatic carbocycles. The first-order valence-corrected chi connectivity index (χ1v) is 10.1. The van der Waals surface area contributed by atoms with E-state index in [0.717, 1.165) is 23.3 Å². The van der Waals surface area contributed by atoms with E-state index in [1.165, 1.54) is 0 Å². The number of fused-ring (bicyclic) bond motifs is 2. The first-order valence-electron chi connectivity index (χ1n) is 10.1. The van der Waals surface area contributed by atoms with Gasteiger partial charge in [-0.25, -0.2) is 4.79 Å². The van der Waals surface area contributed by atoms with Crippen molar-refractivity contribution in [3.05, 3.63) is 75.7 Å². The summed E-state index contributed by atoms with van der Waals surface area (Å²) >= 11 is 0. The number of carboxylic acid groups (broad SMARTS) is 1. The molecule has 0 radical (unpaired) electrons. The van der Waals surface area contributed by atoms with E-state index in [9.17, 15) is 14.4 Å². The Labute approximate surface area is 188 Å². The van der Waals surface area contributed by atoms with Gasteiger partial charge in [-0.2, -0.15) is 0 Å². The van der Waals surface area contributed by atoms with Gasteiger partial charge in [-0.15, -0.1) is 0 Å². The summed E-state index contributed by atoms with van der Waals surface area (Å²) in [7, 11) is 3.17. The number of ether oxygens (including phenoxy) is 2. The van der Waals surface area contributed by atoms with Crippen LogP contribution in [0.15, 0.2) is 57.8 Å². The SMILES string of the molecule is COc1ccc(OC)c(C=C2CCc3c2oc2cc(NC(=O)/C=C\C(=O)O)ccc2c3=O)c1. The number of benzene rings is 2. The summed E-state index contributed by atoms with van der Waals surface area (Å²) in [6.07, 6.45) is 4.77. The number of rotatable bonds is 6. The molecule has 0 fully saturated rings. The van der Waals surface area contributed by atoms with Crippen molar-refractivity contribution < 1.29 is 28.6 Å². The van der Waals surface area contributed by atoms with Crippen molar-refractivity contribution in [3.8, 4) is 11.5 Å². The molecule has 168 valence electrons. The minimum absolute atomic E-state index is 0.115. The van der Waals surface area contributed by atoms with Gasteiger partial charge >= 0.3 is 5.97 Å². The fourth-order valence-electron chi connectivity index (χ4n) is 3.78. The van der Waals surface area contributed by atoms with Crippen LogP contribution in [0.1, 0.15) is 23.3 Å². The largest absolute Gasteiger partial charge is 0.497 e. The number of hydrogen-bond acceptors (Lipinski definition) is 6. The van der Waals surface area contributed by atoms with E-state index in [1.54, 1.807) is 38.5 Å². The summed E-state index contributed by atoms with van der Waals surface area (Å²) in [6.45, 7) is 0. The molecule has 0 bridgehead atoms. The van der Waals surface area contributed by atoms with Crippen LogP contribution in [-0.2, 0) is 16.0 Å². The van der Waals surface area contributed by atoms with Crippen LogP contribution in [0, 0.1) is 0 Å². The molecule has 8 heteroatoms. The Morgan fingerprint density at radius 1 is 1.06 bits per heavy atom. The molecule has 1 heterocycles. The Morgan fingerprint density at radius 2 is 1.88 bits per heavy atom. The maximum absolute atomic E-state index is 13.1. The number of nitrogens with one attached hydrogen (secondary N) is 1. The minimum Gasteiger partial charge on any atom is -0.497 e. The minimum atomic E-state index is -1.22. The number of carbonyl (C=O) groups excluding carboxylic acids is 1. The summed E-state index contributed by atoms with van der Waals surface area (Å²) in [5.41, 5.74) is 2.85. The smallest absolute Gasteiger partial charge is 0.328 e. The average Bonchev–Trinajstić information content (AvgIpc) is 3.20. The highest BCUT2D eigenvalue weighted by Gasteiger charge is 2.24. The van der Waals surface area contributed by atoms with E-state index in [-0.39, 0.29) is 5.43 Å². The summed E-state index contributed by atoms with van der Waals surface area (Å²) in [5, 5.41) is 11.6. The summed E-state index contributed by atoms with van der Waals surface area (Å²) in [6, 6.07) is 10.2. The zero-order valence-electron chi connectivity index (χ0n) is 18.0. The van der Waals surface area contributed by atoms with Gasteiger partial charge in [-0.05, 0) is 54.8 Å².